The average molecular weight is 430 g/mol. The monoisotopic (exact) mass is 429 g/mol. The number of carbonyl (C=O) groups excluding carboxylic acids is 2. The van der Waals surface area contributed by atoms with Gasteiger partial charge in [0.15, 0.2) is 5.82 Å². The first kappa shape index (κ1) is 20.6. The Kier molecular flexibility index (Phi) is 5.96. The summed E-state index contributed by atoms with van der Waals surface area (Å²) in [5.74, 6) is -0.207. The van der Waals surface area contributed by atoms with Gasteiger partial charge in [0.2, 0.25) is 5.78 Å². The molecule has 31 heavy (non-hydrogen) atoms. The molecule has 0 spiro atoms. The third kappa shape index (κ3) is 4.57. The molecule has 6 heteroatoms. The fourth-order valence-electron chi connectivity index (χ4n) is 3.26. The Bertz CT molecular complexity index is 1290. The third-order valence-electron chi connectivity index (χ3n) is 4.94. The number of anilines is 1. The fourth-order valence-corrected chi connectivity index (χ4v) is 3.47. The molecule has 3 aromatic carbocycles. The second-order valence-corrected chi connectivity index (χ2v) is 7.41. The molecule has 1 heterocycles. The van der Waals surface area contributed by atoms with E-state index in [1.165, 1.54) is 6.08 Å². The zero-order valence-corrected chi connectivity index (χ0v) is 17.6. The van der Waals surface area contributed by atoms with E-state index < -0.39 is 0 Å². The molecule has 0 aliphatic carbocycles. The zero-order chi connectivity index (χ0) is 21.8. The van der Waals surface area contributed by atoms with Crippen molar-refractivity contribution in [1.82, 2.24) is 9.97 Å². The molecule has 0 aliphatic rings. The van der Waals surface area contributed by atoms with Crippen molar-refractivity contribution in [2.45, 2.75) is 13.3 Å². The van der Waals surface area contributed by atoms with Crippen LogP contribution >= 0.6 is 11.6 Å². The molecule has 0 radical (unpaired) electrons. The van der Waals surface area contributed by atoms with Crippen molar-refractivity contribution in [3.63, 3.8) is 0 Å². The van der Waals surface area contributed by atoms with Crippen molar-refractivity contribution in [1.29, 1.82) is 0 Å². The summed E-state index contributed by atoms with van der Waals surface area (Å²) in [7, 11) is 0. The molecule has 2 N–H and O–H groups in total. The van der Waals surface area contributed by atoms with Crippen LogP contribution in [0.2, 0.25) is 5.02 Å². The maximum Gasteiger partial charge on any atom is 0.255 e. The number of imidazole rings is 1. The maximum absolute atomic E-state index is 12.6. The van der Waals surface area contributed by atoms with Gasteiger partial charge in [0, 0.05) is 11.3 Å². The van der Waals surface area contributed by atoms with Crippen LogP contribution in [0, 0.1) is 0 Å². The Hall–Kier alpha value is -3.70. The van der Waals surface area contributed by atoms with E-state index >= 15 is 0 Å². The third-order valence-corrected chi connectivity index (χ3v) is 5.25. The summed E-state index contributed by atoms with van der Waals surface area (Å²) in [6.45, 7) is 2.05. The molecule has 0 saturated heterocycles. The van der Waals surface area contributed by atoms with Gasteiger partial charge in [-0.3, -0.25) is 9.59 Å². The molecule has 0 aliphatic heterocycles. The molecule has 5 nitrogen and oxygen atoms in total. The highest BCUT2D eigenvalue weighted by atomic mass is 35.5. The van der Waals surface area contributed by atoms with E-state index in [0.29, 0.717) is 21.6 Å². The number of aromatic amines is 1. The Labute approximate surface area is 184 Å². The summed E-state index contributed by atoms with van der Waals surface area (Å²) < 4.78 is 0. The van der Waals surface area contributed by atoms with Crippen LogP contribution in [-0.2, 0) is 6.42 Å². The lowest BCUT2D eigenvalue weighted by Crippen LogP contribution is -2.13. The molecule has 0 bridgehead atoms. The lowest BCUT2D eigenvalue weighted by Gasteiger charge is -2.09. The highest BCUT2D eigenvalue weighted by Crippen LogP contribution is 2.21. The van der Waals surface area contributed by atoms with Crippen LogP contribution in [0.3, 0.4) is 0 Å². The second-order valence-electron chi connectivity index (χ2n) is 7.01. The molecular formula is C25H20ClN3O2. The SMILES string of the molecule is CCc1ccccc1NC(=O)c1ccc(C=CC(=O)c2nc3c(Cl)cccc3[nH]2)cc1. The summed E-state index contributed by atoms with van der Waals surface area (Å²) in [4.78, 5) is 32.3. The van der Waals surface area contributed by atoms with E-state index in [1.807, 2.05) is 37.3 Å². The van der Waals surface area contributed by atoms with E-state index in [9.17, 15) is 9.59 Å². The number of H-pyrrole nitrogens is 1. The first-order valence-corrected chi connectivity index (χ1v) is 10.3. The van der Waals surface area contributed by atoms with E-state index in [4.69, 9.17) is 11.6 Å². The minimum Gasteiger partial charge on any atom is -0.335 e. The van der Waals surface area contributed by atoms with Crippen LogP contribution in [0.15, 0.2) is 72.8 Å². The highest BCUT2D eigenvalue weighted by Gasteiger charge is 2.11. The molecule has 4 rings (SSSR count). The first-order chi connectivity index (χ1) is 15.0. The quantitative estimate of drug-likeness (QED) is 0.295. The van der Waals surface area contributed by atoms with Gasteiger partial charge in [0.25, 0.3) is 5.91 Å². The van der Waals surface area contributed by atoms with E-state index in [2.05, 4.69) is 15.3 Å². The van der Waals surface area contributed by atoms with Gasteiger partial charge >= 0.3 is 0 Å². The van der Waals surface area contributed by atoms with Gasteiger partial charge in [-0.1, -0.05) is 61.0 Å². The van der Waals surface area contributed by atoms with Crippen LogP contribution in [0.5, 0.6) is 0 Å². The van der Waals surface area contributed by atoms with Gasteiger partial charge in [-0.05, 0) is 54.0 Å². The smallest absolute Gasteiger partial charge is 0.255 e. The number of allylic oxidation sites excluding steroid dienone is 1. The molecule has 0 unspecified atom stereocenters. The van der Waals surface area contributed by atoms with Crippen LogP contribution < -0.4 is 5.32 Å². The standard InChI is InChI=1S/C25H20ClN3O2/c1-2-17-6-3-4-8-20(17)28-25(31)18-13-10-16(11-14-18)12-15-22(30)24-27-21-9-5-7-19(26)23(21)29-24/h3-15H,2H2,1H3,(H,27,29)(H,28,31). The number of para-hydroxylation sites is 2. The lowest BCUT2D eigenvalue weighted by molar-refractivity contribution is 0.102. The van der Waals surface area contributed by atoms with Crippen molar-refractivity contribution in [3.05, 3.63) is 100 Å². The molecule has 4 aromatic rings. The Morgan fingerprint density at radius 1 is 1.03 bits per heavy atom. The number of halogens is 1. The minimum atomic E-state index is -0.259. The first-order valence-electron chi connectivity index (χ1n) is 9.91. The highest BCUT2D eigenvalue weighted by molar-refractivity contribution is 6.35. The van der Waals surface area contributed by atoms with E-state index in [0.717, 1.165) is 23.2 Å². The maximum atomic E-state index is 12.6. The largest absolute Gasteiger partial charge is 0.335 e. The number of amides is 1. The number of fused-ring (bicyclic) bond motifs is 1. The van der Waals surface area contributed by atoms with Crippen molar-refractivity contribution in [2.24, 2.45) is 0 Å². The van der Waals surface area contributed by atoms with Crippen molar-refractivity contribution >= 4 is 46.1 Å². The zero-order valence-electron chi connectivity index (χ0n) is 16.9. The number of aryl methyl sites for hydroxylation is 1. The average Bonchev–Trinajstić information content (AvgIpc) is 3.24. The summed E-state index contributed by atoms with van der Waals surface area (Å²) >= 11 is 6.11. The second kappa shape index (κ2) is 8.98. The van der Waals surface area contributed by atoms with Gasteiger partial charge in [-0.2, -0.15) is 0 Å². The van der Waals surface area contributed by atoms with Crippen LogP contribution in [-0.4, -0.2) is 21.7 Å². The van der Waals surface area contributed by atoms with Crippen molar-refractivity contribution < 1.29 is 9.59 Å². The number of ketones is 1. The summed E-state index contributed by atoms with van der Waals surface area (Å²) in [6, 6.07) is 20.1. The Morgan fingerprint density at radius 2 is 1.81 bits per heavy atom. The van der Waals surface area contributed by atoms with Gasteiger partial charge in [-0.15, -0.1) is 0 Å². The molecule has 0 fully saturated rings. The number of nitrogens with zero attached hydrogens (tertiary/aromatic N) is 1. The number of aromatic nitrogens is 2. The number of hydrogen-bond acceptors (Lipinski definition) is 3. The predicted octanol–water partition coefficient (Wildman–Crippen LogP) is 5.93. The van der Waals surface area contributed by atoms with Gasteiger partial charge < -0.3 is 10.3 Å². The van der Waals surface area contributed by atoms with E-state index in [1.54, 1.807) is 42.5 Å². The lowest BCUT2D eigenvalue weighted by atomic mass is 10.1. The fraction of sp³-hybridized carbons (Fsp3) is 0.0800. The number of nitrogens with one attached hydrogen (secondary N) is 2. The summed E-state index contributed by atoms with van der Waals surface area (Å²) in [5.41, 5.74) is 4.52. The summed E-state index contributed by atoms with van der Waals surface area (Å²) in [5, 5.41) is 3.44. The molecule has 0 atom stereocenters. The molecule has 1 amide bonds. The van der Waals surface area contributed by atoms with Crippen LogP contribution in [0.1, 0.15) is 39.0 Å². The predicted molar refractivity (Wildman–Crippen MR) is 125 cm³/mol. The summed E-state index contributed by atoms with van der Waals surface area (Å²) in [6.07, 6.45) is 3.97. The molecule has 1 aromatic heterocycles. The molecular weight excluding hydrogens is 410 g/mol. The van der Waals surface area contributed by atoms with Crippen LogP contribution in [0.4, 0.5) is 5.69 Å². The topological polar surface area (TPSA) is 74.8 Å². The van der Waals surface area contributed by atoms with E-state index in [-0.39, 0.29) is 17.5 Å². The number of carbonyl (C=O) groups is 2. The van der Waals surface area contributed by atoms with Crippen molar-refractivity contribution in [2.75, 3.05) is 5.32 Å². The Balaban J connectivity index is 1.45. The van der Waals surface area contributed by atoms with Gasteiger partial charge in [-0.25, -0.2) is 4.98 Å². The molecule has 0 saturated carbocycles. The number of benzene rings is 3. The Morgan fingerprint density at radius 3 is 2.55 bits per heavy atom. The minimum absolute atomic E-state index is 0.174. The van der Waals surface area contributed by atoms with Crippen molar-refractivity contribution in [3.8, 4) is 0 Å². The van der Waals surface area contributed by atoms with Gasteiger partial charge in [0.1, 0.15) is 5.52 Å². The van der Waals surface area contributed by atoms with Gasteiger partial charge in [0.05, 0.1) is 10.5 Å². The number of rotatable bonds is 6. The number of hydrogen-bond donors (Lipinski definition) is 2. The van der Waals surface area contributed by atoms with Crippen LogP contribution in [0.25, 0.3) is 17.1 Å². The normalized spacial score (nSPS) is 11.2. The molecule has 154 valence electrons.